The van der Waals surface area contributed by atoms with Crippen molar-refractivity contribution in [2.75, 3.05) is 7.11 Å². The van der Waals surface area contributed by atoms with E-state index in [-0.39, 0.29) is 5.84 Å². The monoisotopic (exact) mass is 277 g/mol. The highest BCUT2D eigenvalue weighted by Crippen LogP contribution is 2.20. The predicted octanol–water partition coefficient (Wildman–Crippen LogP) is 2.15. The van der Waals surface area contributed by atoms with E-state index in [4.69, 9.17) is 20.6 Å². The van der Waals surface area contributed by atoms with Gasteiger partial charge in [-0.05, 0) is 12.1 Å². The van der Waals surface area contributed by atoms with Crippen molar-refractivity contribution >= 4 is 17.2 Å². The van der Waals surface area contributed by atoms with E-state index in [1.165, 1.54) is 11.3 Å². The van der Waals surface area contributed by atoms with Crippen molar-refractivity contribution < 1.29 is 9.47 Å². The molecule has 5 nitrogen and oxygen atoms in total. The number of nitrogens with two attached hydrogens (primary N) is 1. The molecule has 1 aromatic carbocycles. The molecular formula is C13H15N3O2S. The van der Waals surface area contributed by atoms with Crippen LogP contribution in [0, 0.1) is 5.41 Å². The van der Waals surface area contributed by atoms with Crippen LogP contribution in [0.3, 0.4) is 0 Å². The zero-order valence-corrected chi connectivity index (χ0v) is 11.4. The molecule has 19 heavy (non-hydrogen) atoms. The molecule has 0 fully saturated rings. The number of para-hydroxylation sites is 1. The van der Waals surface area contributed by atoms with E-state index in [0.717, 1.165) is 10.8 Å². The molecule has 0 amide bonds. The topological polar surface area (TPSA) is 81.2 Å². The first kappa shape index (κ1) is 13.5. The summed E-state index contributed by atoms with van der Waals surface area (Å²) in [5.41, 5.74) is 6.21. The first-order valence-electron chi connectivity index (χ1n) is 5.70. The lowest BCUT2D eigenvalue weighted by molar-refractivity contribution is 0.181. The van der Waals surface area contributed by atoms with Crippen LogP contribution in [0.5, 0.6) is 5.75 Å². The van der Waals surface area contributed by atoms with Gasteiger partial charge in [0.05, 0.1) is 17.2 Å². The van der Waals surface area contributed by atoms with Gasteiger partial charge in [0.25, 0.3) is 0 Å². The van der Waals surface area contributed by atoms with Crippen molar-refractivity contribution in [1.82, 2.24) is 4.98 Å². The molecule has 100 valence electrons. The maximum atomic E-state index is 7.52. The van der Waals surface area contributed by atoms with Crippen LogP contribution >= 0.6 is 11.3 Å². The Kier molecular flexibility index (Phi) is 4.48. The van der Waals surface area contributed by atoms with Crippen molar-refractivity contribution in [2.45, 2.75) is 13.2 Å². The van der Waals surface area contributed by atoms with Gasteiger partial charge in [-0.15, -0.1) is 11.3 Å². The maximum Gasteiger partial charge on any atom is 0.140 e. The molecule has 2 aromatic rings. The van der Waals surface area contributed by atoms with Crippen LogP contribution in [0.1, 0.15) is 15.6 Å². The largest absolute Gasteiger partial charge is 0.486 e. The molecule has 2 rings (SSSR count). The van der Waals surface area contributed by atoms with Gasteiger partial charge in [0.15, 0.2) is 0 Å². The van der Waals surface area contributed by atoms with Gasteiger partial charge >= 0.3 is 0 Å². The number of nitrogens with one attached hydrogen (secondary N) is 1. The molecule has 1 heterocycles. The number of aromatic nitrogens is 1. The zero-order chi connectivity index (χ0) is 13.7. The average molecular weight is 277 g/mol. The van der Waals surface area contributed by atoms with Crippen LogP contribution in [-0.4, -0.2) is 17.9 Å². The molecule has 0 atom stereocenters. The van der Waals surface area contributed by atoms with Crippen molar-refractivity contribution in [3.63, 3.8) is 0 Å². The number of hydrogen-bond acceptors (Lipinski definition) is 5. The SMILES string of the molecule is COCc1nc(COc2ccccc2)sc1C(=N)N. The number of rotatable bonds is 6. The number of methoxy groups -OCH3 is 1. The van der Waals surface area contributed by atoms with Gasteiger partial charge in [0.2, 0.25) is 0 Å². The summed E-state index contributed by atoms with van der Waals surface area (Å²) in [6.45, 7) is 0.704. The molecule has 0 radical (unpaired) electrons. The van der Waals surface area contributed by atoms with Crippen LogP contribution < -0.4 is 10.5 Å². The fourth-order valence-corrected chi connectivity index (χ4v) is 2.41. The third-order valence-electron chi connectivity index (χ3n) is 2.37. The standard InChI is InChI=1S/C13H15N3O2S/c1-17-7-10-12(13(14)15)19-11(16-10)8-18-9-5-3-2-4-6-9/h2-6H,7-8H2,1H3,(H3,14,15). The van der Waals surface area contributed by atoms with Crippen molar-refractivity contribution in [1.29, 1.82) is 5.41 Å². The van der Waals surface area contributed by atoms with Crippen LogP contribution in [0.2, 0.25) is 0 Å². The third kappa shape index (κ3) is 3.52. The van der Waals surface area contributed by atoms with Gasteiger partial charge < -0.3 is 15.2 Å². The second-order valence-electron chi connectivity index (χ2n) is 3.83. The molecule has 1 aromatic heterocycles. The van der Waals surface area contributed by atoms with Gasteiger partial charge in [0.1, 0.15) is 23.2 Å². The Morgan fingerprint density at radius 1 is 1.32 bits per heavy atom. The van der Waals surface area contributed by atoms with E-state index in [1.807, 2.05) is 30.3 Å². The Morgan fingerprint density at radius 3 is 2.68 bits per heavy atom. The van der Waals surface area contributed by atoms with Crippen LogP contribution in [0.4, 0.5) is 0 Å². The van der Waals surface area contributed by atoms with Crippen molar-refractivity contribution in [2.24, 2.45) is 5.73 Å². The Morgan fingerprint density at radius 2 is 2.05 bits per heavy atom. The average Bonchev–Trinajstić information content (AvgIpc) is 2.81. The van der Waals surface area contributed by atoms with E-state index >= 15 is 0 Å². The summed E-state index contributed by atoms with van der Waals surface area (Å²) in [6.07, 6.45) is 0. The second-order valence-corrected chi connectivity index (χ2v) is 4.92. The van der Waals surface area contributed by atoms with E-state index < -0.39 is 0 Å². The number of amidine groups is 1. The van der Waals surface area contributed by atoms with Gasteiger partial charge in [-0.3, -0.25) is 5.41 Å². The van der Waals surface area contributed by atoms with Crippen molar-refractivity contribution in [3.8, 4) is 5.75 Å². The first-order chi connectivity index (χ1) is 9.20. The quantitative estimate of drug-likeness (QED) is 0.626. The predicted molar refractivity (Wildman–Crippen MR) is 74.6 cm³/mol. The molecule has 6 heteroatoms. The third-order valence-corrected chi connectivity index (χ3v) is 3.48. The molecular weight excluding hydrogens is 262 g/mol. The summed E-state index contributed by atoms with van der Waals surface area (Å²) in [6, 6.07) is 9.52. The highest BCUT2D eigenvalue weighted by molar-refractivity contribution is 7.13. The summed E-state index contributed by atoms with van der Waals surface area (Å²) in [7, 11) is 1.59. The Balaban J connectivity index is 2.08. The van der Waals surface area contributed by atoms with Gasteiger partial charge in [-0.1, -0.05) is 18.2 Å². The minimum absolute atomic E-state index is 0.00973. The van der Waals surface area contributed by atoms with Gasteiger partial charge in [-0.2, -0.15) is 0 Å². The fourth-order valence-electron chi connectivity index (χ4n) is 1.57. The molecule has 0 spiro atoms. The Hall–Kier alpha value is -1.92. The molecule has 0 saturated heterocycles. The molecule has 0 aliphatic carbocycles. The molecule has 3 N–H and O–H groups in total. The minimum Gasteiger partial charge on any atom is -0.486 e. The fraction of sp³-hybridized carbons (Fsp3) is 0.231. The normalized spacial score (nSPS) is 10.4. The van der Waals surface area contributed by atoms with Crippen LogP contribution in [0.25, 0.3) is 0 Å². The van der Waals surface area contributed by atoms with Crippen LogP contribution in [0.15, 0.2) is 30.3 Å². The van der Waals surface area contributed by atoms with E-state index in [9.17, 15) is 0 Å². The molecule has 0 aliphatic heterocycles. The highest BCUT2D eigenvalue weighted by atomic mass is 32.1. The first-order valence-corrected chi connectivity index (χ1v) is 6.52. The second kappa shape index (κ2) is 6.31. The van der Waals surface area contributed by atoms with E-state index in [0.29, 0.717) is 23.8 Å². The Labute approximate surface area is 115 Å². The number of nitrogen functional groups attached to an aromatic ring is 1. The summed E-state index contributed by atoms with van der Waals surface area (Å²) in [5, 5.41) is 8.29. The highest BCUT2D eigenvalue weighted by Gasteiger charge is 2.13. The van der Waals surface area contributed by atoms with E-state index in [2.05, 4.69) is 4.98 Å². The minimum atomic E-state index is 0.00973. The molecule has 0 aliphatic rings. The lowest BCUT2D eigenvalue weighted by Gasteiger charge is -2.02. The molecule has 0 unspecified atom stereocenters. The maximum absolute atomic E-state index is 7.52. The molecule has 0 bridgehead atoms. The van der Waals surface area contributed by atoms with Gasteiger partial charge in [0, 0.05) is 7.11 Å². The van der Waals surface area contributed by atoms with E-state index in [1.54, 1.807) is 7.11 Å². The van der Waals surface area contributed by atoms with Crippen molar-refractivity contribution in [3.05, 3.63) is 45.9 Å². The number of ether oxygens (including phenoxy) is 2. The number of hydrogen-bond donors (Lipinski definition) is 2. The summed E-state index contributed by atoms with van der Waals surface area (Å²) < 4.78 is 10.7. The lowest BCUT2D eigenvalue weighted by atomic mass is 10.3. The summed E-state index contributed by atoms with van der Waals surface area (Å²) in [5.74, 6) is 0.797. The van der Waals surface area contributed by atoms with Crippen LogP contribution in [-0.2, 0) is 18.0 Å². The summed E-state index contributed by atoms with van der Waals surface area (Å²) in [4.78, 5) is 5.03. The number of thiazole rings is 1. The van der Waals surface area contributed by atoms with Gasteiger partial charge in [-0.25, -0.2) is 4.98 Å². The smallest absolute Gasteiger partial charge is 0.140 e. The lowest BCUT2D eigenvalue weighted by Crippen LogP contribution is -2.11. The zero-order valence-electron chi connectivity index (χ0n) is 10.6. The molecule has 0 saturated carbocycles. The summed E-state index contributed by atoms with van der Waals surface area (Å²) >= 11 is 1.36. The number of nitrogens with zero attached hydrogens (tertiary/aromatic N) is 1. The Bertz CT molecular complexity index is 554. The number of benzene rings is 1.